The van der Waals surface area contributed by atoms with E-state index >= 15 is 0 Å². The third-order valence-corrected chi connectivity index (χ3v) is 18.0. The summed E-state index contributed by atoms with van der Waals surface area (Å²) in [5.41, 5.74) is 5.01. The molecule has 0 aromatic heterocycles. The zero-order valence-electron chi connectivity index (χ0n) is 37.4. The number of benzene rings is 4. The summed E-state index contributed by atoms with van der Waals surface area (Å²) < 4.78 is 60.0. The van der Waals surface area contributed by atoms with E-state index in [0.29, 0.717) is 29.8 Å². The maximum atomic E-state index is 13.0. The number of hydrogen-bond acceptors (Lipinski definition) is 10. The van der Waals surface area contributed by atoms with Crippen LogP contribution in [-0.4, -0.2) is 76.5 Å². The summed E-state index contributed by atoms with van der Waals surface area (Å²) in [6, 6.07) is 39.9. The molecule has 10 nitrogen and oxygen atoms in total. The third-order valence-electron chi connectivity index (χ3n) is 11.9. The van der Waals surface area contributed by atoms with Crippen molar-refractivity contribution in [3.8, 4) is 0 Å². The number of hydrogen-bond donors (Lipinski definition) is 0. The Kier molecular flexibility index (Phi) is 17.9. The van der Waals surface area contributed by atoms with Gasteiger partial charge in [0.05, 0.1) is 45.9 Å². The fraction of sp³-hybridized carbons (Fsp3) is 0.471. The smallest absolute Gasteiger partial charge is 0.303 e. The Labute approximate surface area is 369 Å². The maximum absolute atomic E-state index is 13.0. The van der Waals surface area contributed by atoms with E-state index in [1.165, 1.54) is 6.92 Å². The lowest BCUT2D eigenvalue weighted by atomic mass is 9.97. The molecule has 62 heavy (non-hydrogen) atoms. The number of ether oxygens (including phenoxy) is 8. The van der Waals surface area contributed by atoms with Crippen molar-refractivity contribution in [3.63, 3.8) is 0 Å². The van der Waals surface area contributed by atoms with E-state index in [-0.39, 0.29) is 26.4 Å². The largest absolute Gasteiger partial charge is 0.493 e. The number of esters is 1. The second-order valence-electron chi connectivity index (χ2n) is 17.1. The van der Waals surface area contributed by atoms with Gasteiger partial charge in [-0.25, -0.2) is 0 Å². The van der Waals surface area contributed by atoms with Crippen LogP contribution < -0.4 is 0 Å². The Morgan fingerprint density at radius 3 is 1.42 bits per heavy atom. The van der Waals surface area contributed by atoms with Gasteiger partial charge >= 0.3 is 5.97 Å². The van der Waals surface area contributed by atoms with Gasteiger partial charge in [-0.3, -0.25) is 4.79 Å². The van der Waals surface area contributed by atoms with Crippen molar-refractivity contribution in [1.29, 1.82) is 0 Å². The highest BCUT2D eigenvalue weighted by Crippen LogP contribution is 2.43. The fourth-order valence-electron chi connectivity index (χ4n) is 8.95. The normalized spacial score (nSPS) is 24.0. The van der Waals surface area contributed by atoms with Gasteiger partial charge in [-0.1, -0.05) is 163 Å². The summed E-state index contributed by atoms with van der Waals surface area (Å²) in [6.07, 6.45) is -2.35. The van der Waals surface area contributed by atoms with Crippen molar-refractivity contribution < 1.29 is 47.1 Å². The number of rotatable bonds is 22. The fourth-order valence-corrected chi connectivity index (χ4v) is 14.4. The average molecular weight is 867 g/mol. The minimum Gasteiger partial charge on any atom is -0.493 e. The average Bonchev–Trinajstić information content (AvgIpc) is 3.27. The van der Waals surface area contributed by atoms with Crippen LogP contribution in [0, 0.1) is 0 Å². The van der Waals surface area contributed by atoms with Crippen LogP contribution in [0.2, 0.25) is 16.6 Å². The molecule has 0 amide bonds. The zero-order valence-corrected chi connectivity index (χ0v) is 38.4. The van der Waals surface area contributed by atoms with Gasteiger partial charge in [0.1, 0.15) is 30.5 Å². The molecular weight excluding hydrogens is 801 g/mol. The third kappa shape index (κ3) is 12.7. The van der Waals surface area contributed by atoms with Crippen LogP contribution in [0.15, 0.2) is 134 Å². The Balaban J connectivity index is 1.31. The van der Waals surface area contributed by atoms with Crippen LogP contribution >= 0.6 is 0 Å². The highest BCUT2D eigenvalue weighted by molar-refractivity contribution is 6.77. The first-order chi connectivity index (χ1) is 30.0. The van der Waals surface area contributed by atoms with Crippen LogP contribution in [0.5, 0.6) is 0 Å². The van der Waals surface area contributed by atoms with Crippen molar-refractivity contribution in [2.45, 2.75) is 141 Å². The van der Waals surface area contributed by atoms with Gasteiger partial charge in [0, 0.05) is 6.92 Å². The van der Waals surface area contributed by atoms with E-state index in [9.17, 15) is 4.79 Å². The van der Waals surface area contributed by atoms with E-state index < -0.39 is 63.3 Å². The van der Waals surface area contributed by atoms with E-state index in [1.807, 2.05) is 127 Å². The second kappa shape index (κ2) is 23.5. The van der Waals surface area contributed by atoms with Gasteiger partial charge < -0.3 is 42.3 Å². The lowest BCUT2D eigenvalue weighted by molar-refractivity contribution is -0.323. The molecule has 0 saturated carbocycles. The summed E-state index contributed by atoms with van der Waals surface area (Å²) >= 11 is 0. The van der Waals surface area contributed by atoms with Gasteiger partial charge in [-0.15, -0.1) is 0 Å². The Morgan fingerprint density at radius 1 is 0.532 bits per heavy atom. The van der Waals surface area contributed by atoms with Crippen molar-refractivity contribution in [3.05, 3.63) is 156 Å². The first kappa shape index (κ1) is 47.3. The zero-order chi connectivity index (χ0) is 43.9. The Morgan fingerprint density at radius 2 is 0.968 bits per heavy atom. The van der Waals surface area contributed by atoms with Crippen LogP contribution in [0.3, 0.4) is 0 Å². The SMILES string of the molecule is CC(=O)O[C@H]1[C@H](OC[C@H]2OC=C[C@@H](OCc3ccccc3)[C@@H]2OCc2ccccc2)O[C@H](CO[Si](C(C)C)(C(C)C)C(C)C)[C@@H](OCc2ccccc2)[C@@H]1OCc1ccccc1. The molecule has 4 aromatic carbocycles. The molecule has 1 saturated heterocycles. The minimum atomic E-state index is -2.38. The Bertz CT molecular complexity index is 1890. The van der Waals surface area contributed by atoms with Crippen LogP contribution in [0.4, 0.5) is 0 Å². The molecule has 0 radical (unpaired) electrons. The summed E-state index contributed by atoms with van der Waals surface area (Å²) in [5.74, 6) is -0.502. The maximum Gasteiger partial charge on any atom is 0.303 e. The molecule has 2 aliphatic rings. The molecular formula is C51H66O10Si. The van der Waals surface area contributed by atoms with Crippen LogP contribution in [0.25, 0.3) is 0 Å². The molecule has 0 spiro atoms. The number of carbonyl (C=O) groups excluding carboxylic acids is 1. The van der Waals surface area contributed by atoms with Crippen LogP contribution in [-0.2, 0) is 73.5 Å². The van der Waals surface area contributed by atoms with Gasteiger partial charge in [-0.2, -0.15) is 0 Å². The second-order valence-corrected chi connectivity index (χ2v) is 22.6. The van der Waals surface area contributed by atoms with E-state index in [4.69, 9.17) is 42.3 Å². The van der Waals surface area contributed by atoms with E-state index in [2.05, 4.69) is 41.5 Å². The number of carbonyl (C=O) groups is 1. The van der Waals surface area contributed by atoms with Gasteiger partial charge in [0.2, 0.25) is 0 Å². The highest BCUT2D eigenvalue weighted by atomic mass is 28.4. The molecule has 1 fully saturated rings. The summed E-state index contributed by atoms with van der Waals surface area (Å²) in [7, 11) is -2.38. The topological polar surface area (TPSA) is 100 Å². The Hall–Kier alpha value is -4.17. The van der Waals surface area contributed by atoms with E-state index in [1.54, 1.807) is 6.26 Å². The van der Waals surface area contributed by atoms with E-state index in [0.717, 1.165) is 22.3 Å². The molecule has 2 aliphatic heterocycles. The standard InChI is InChI=1S/C51H66O10Si/c1-36(2)62(37(3)4,38(5)6)59-35-46-48(56-32-42-24-16-10-17-25-42)49(57-33-43-26-18-11-19-27-43)50(60-39(7)52)51(61-46)58-34-45-47(55-31-41-22-14-9-15-23-41)44(28-29-53-45)54-30-40-20-12-8-13-21-40/h8-29,36-38,44-51H,30-35H2,1-7H3/t44-,45-,46-,47+,48-,49+,50-,51-/m1/s1. The molecule has 334 valence electrons. The van der Waals surface area contributed by atoms with Crippen molar-refractivity contribution in [1.82, 2.24) is 0 Å². The first-order valence-electron chi connectivity index (χ1n) is 22.1. The van der Waals surface area contributed by atoms with Crippen molar-refractivity contribution in [2.75, 3.05) is 13.2 Å². The molecule has 0 aliphatic carbocycles. The monoisotopic (exact) mass is 866 g/mol. The molecule has 8 atom stereocenters. The highest BCUT2D eigenvalue weighted by Gasteiger charge is 2.53. The minimum absolute atomic E-state index is 0.0224. The van der Waals surface area contributed by atoms with Crippen molar-refractivity contribution in [2.24, 2.45) is 0 Å². The molecule has 11 heteroatoms. The lowest BCUT2D eigenvalue weighted by Gasteiger charge is -2.48. The molecule has 4 aromatic rings. The van der Waals surface area contributed by atoms with Crippen molar-refractivity contribution >= 4 is 14.3 Å². The predicted octanol–water partition coefficient (Wildman–Crippen LogP) is 10.1. The van der Waals surface area contributed by atoms with Crippen LogP contribution in [0.1, 0.15) is 70.7 Å². The van der Waals surface area contributed by atoms with Gasteiger partial charge in [0.15, 0.2) is 26.8 Å². The molecule has 0 bridgehead atoms. The molecule has 2 heterocycles. The van der Waals surface area contributed by atoms with Gasteiger partial charge in [-0.05, 0) is 45.0 Å². The summed E-state index contributed by atoms with van der Waals surface area (Å²) in [6.45, 7) is 16.4. The lowest BCUT2D eigenvalue weighted by Crippen LogP contribution is -2.63. The summed E-state index contributed by atoms with van der Waals surface area (Å²) in [4.78, 5) is 13.0. The van der Waals surface area contributed by atoms with Gasteiger partial charge in [0.25, 0.3) is 0 Å². The molecule has 0 N–H and O–H groups in total. The first-order valence-corrected chi connectivity index (χ1v) is 24.2. The molecule has 6 rings (SSSR count). The quantitative estimate of drug-likeness (QED) is 0.0561. The molecule has 0 unspecified atom stereocenters. The predicted molar refractivity (Wildman–Crippen MR) is 241 cm³/mol. The summed E-state index contributed by atoms with van der Waals surface area (Å²) in [5, 5.41) is 0.